The predicted molar refractivity (Wildman–Crippen MR) is 52.5 cm³/mol. The van der Waals surface area contributed by atoms with Crippen LogP contribution in [0.15, 0.2) is 0 Å². The molecule has 3 fully saturated rings. The summed E-state index contributed by atoms with van der Waals surface area (Å²) in [4.78, 5) is 0. The largest absolute Gasteiger partial charge is 0.375 e. The molecule has 0 radical (unpaired) electrons. The highest BCUT2D eigenvalue weighted by molar-refractivity contribution is 4.97. The van der Waals surface area contributed by atoms with Gasteiger partial charge in [-0.2, -0.15) is 0 Å². The summed E-state index contributed by atoms with van der Waals surface area (Å²) in [7, 11) is 0. The number of hydrogen-bond acceptors (Lipinski definition) is 1. The summed E-state index contributed by atoms with van der Waals surface area (Å²) >= 11 is 0. The van der Waals surface area contributed by atoms with Crippen molar-refractivity contribution < 1.29 is 4.74 Å². The topological polar surface area (TPSA) is 9.23 Å². The van der Waals surface area contributed by atoms with E-state index in [4.69, 9.17) is 4.74 Å². The van der Waals surface area contributed by atoms with E-state index in [1.807, 2.05) is 0 Å². The minimum absolute atomic E-state index is 0.340. The standard InChI is InChI=1S/C12H20O/c1-9-2-4-12(7-9)5-3-10-6-11(10)8-13-12/h9-11H,2-8H2,1H3/t9-,10+,11+,12+/m1/s1. The molecule has 0 aromatic rings. The van der Waals surface area contributed by atoms with Gasteiger partial charge >= 0.3 is 0 Å². The average molecular weight is 180 g/mol. The second-order valence-electron chi connectivity index (χ2n) is 5.64. The highest BCUT2D eigenvalue weighted by atomic mass is 16.5. The van der Waals surface area contributed by atoms with Gasteiger partial charge < -0.3 is 4.74 Å². The minimum atomic E-state index is 0.340. The van der Waals surface area contributed by atoms with Gasteiger partial charge in [0.1, 0.15) is 0 Å². The molecule has 1 nitrogen and oxygen atoms in total. The lowest BCUT2D eigenvalue weighted by molar-refractivity contribution is -0.0466. The SMILES string of the molecule is C[C@@H]1CC[C@]2(CC[C@H]3C[C@H]3CO2)C1. The zero-order valence-electron chi connectivity index (χ0n) is 8.59. The molecule has 1 heterocycles. The third-order valence-electron chi connectivity index (χ3n) is 4.46. The van der Waals surface area contributed by atoms with E-state index < -0.39 is 0 Å². The normalized spacial score (nSPS) is 54.7. The van der Waals surface area contributed by atoms with Gasteiger partial charge in [-0.15, -0.1) is 0 Å². The van der Waals surface area contributed by atoms with Gasteiger partial charge in [0.05, 0.1) is 12.2 Å². The van der Waals surface area contributed by atoms with Crippen LogP contribution in [0.25, 0.3) is 0 Å². The van der Waals surface area contributed by atoms with Crippen molar-refractivity contribution in [3.8, 4) is 0 Å². The number of hydrogen-bond donors (Lipinski definition) is 0. The predicted octanol–water partition coefficient (Wildman–Crippen LogP) is 2.99. The maximum Gasteiger partial charge on any atom is 0.0685 e. The molecule has 2 saturated carbocycles. The van der Waals surface area contributed by atoms with Crippen LogP contribution in [0.3, 0.4) is 0 Å². The molecule has 0 amide bonds. The Kier molecular flexibility index (Phi) is 1.74. The third kappa shape index (κ3) is 1.41. The molecule has 4 atom stereocenters. The second kappa shape index (κ2) is 2.73. The van der Waals surface area contributed by atoms with Crippen LogP contribution in [0, 0.1) is 17.8 Å². The highest BCUT2D eigenvalue weighted by Gasteiger charge is 2.47. The van der Waals surface area contributed by atoms with Crippen LogP contribution < -0.4 is 0 Å². The highest BCUT2D eigenvalue weighted by Crippen LogP contribution is 2.51. The lowest BCUT2D eigenvalue weighted by atomic mass is 9.93. The van der Waals surface area contributed by atoms with Crippen molar-refractivity contribution in [2.75, 3.05) is 6.61 Å². The van der Waals surface area contributed by atoms with E-state index in [2.05, 4.69) is 6.92 Å². The fraction of sp³-hybridized carbons (Fsp3) is 1.00. The van der Waals surface area contributed by atoms with Crippen LogP contribution >= 0.6 is 0 Å². The van der Waals surface area contributed by atoms with Crippen LogP contribution in [0.4, 0.5) is 0 Å². The van der Waals surface area contributed by atoms with Gasteiger partial charge in [-0.3, -0.25) is 0 Å². The van der Waals surface area contributed by atoms with E-state index in [1.54, 1.807) is 0 Å². The van der Waals surface area contributed by atoms with Crippen molar-refractivity contribution in [2.24, 2.45) is 17.8 Å². The molecule has 0 unspecified atom stereocenters. The van der Waals surface area contributed by atoms with E-state index >= 15 is 0 Å². The molecule has 0 N–H and O–H groups in total. The maximum atomic E-state index is 6.18. The van der Waals surface area contributed by atoms with Gasteiger partial charge in [0.15, 0.2) is 0 Å². The number of ether oxygens (including phenoxy) is 1. The maximum absolute atomic E-state index is 6.18. The number of fused-ring (bicyclic) bond motifs is 1. The fourth-order valence-corrected chi connectivity index (χ4v) is 3.38. The quantitative estimate of drug-likeness (QED) is 0.557. The Morgan fingerprint density at radius 3 is 2.77 bits per heavy atom. The molecule has 74 valence electrons. The Hall–Kier alpha value is -0.0400. The van der Waals surface area contributed by atoms with Crippen molar-refractivity contribution in [3.63, 3.8) is 0 Å². The molecular weight excluding hydrogens is 160 g/mol. The molecule has 1 heteroatoms. The van der Waals surface area contributed by atoms with E-state index in [0.29, 0.717) is 5.60 Å². The van der Waals surface area contributed by atoms with E-state index in [0.717, 1.165) is 24.4 Å². The van der Waals surface area contributed by atoms with Crippen LogP contribution in [0.5, 0.6) is 0 Å². The first-order valence-electron chi connectivity index (χ1n) is 5.91. The van der Waals surface area contributed by atoms with Gasteiger partial charge in [0.25, 0.3) is 0 Å². The first-order valence-corrected chi connectivity index (χ1v) is 5.91. The zero-order chi connectivity index (χ0) is 8.89. The summed E-state index contributed by atoms with van der Waals surface area (Å²) in [5, 5.41) is 0. The molecule has 13 heavy (non-hydrogen) atoms. The Morgan fingerprint density at radius 1 is 1.15 bits per heavy atom. The van der Waals surface area contributed by atoms with Crippen LogP contribution in [0.2, 0.25) is 0 Å². The molecule has 0 aromatic carbocycles. The molecule has 0 bridgehead atoms. The Balaban J connectivity index is 1.70. The van der Waals surface area contributed by atoms with Crippen LogP contribution in [-0.2, 0) is 4.74 Å². The lowest BCUT2D eigenvalue weighted by Crippen LogP contribution is -2.29. The van der Waals surface area contributed by atoms with Gasteiger partial charge in [-0.05, 0) is 56.3 Å². The van der Waals surface area contributed by atoms with Gasteiger partial charge in [-0.1, -0.05) is 6.92 Å². The lowest BCUT2D eigenvalue weighted by Gasteiger charge is -2.28. The number of rotatable bonds is 0. The van der Waals surface area contributed by atoms with E-state index in [1.165, 1.54) is 38.5 Å². The molecule has 3 rings (SSSR count). The Labute approximate surface area is 80.8 Å². The monoisotopic (exact) mass is 180 g/mol. The molecular formula is C12H20O. The summed E-state index contributed by atoms with van der Waals surface area (Å²) in [5.41, 5.74) is 0.340. The average Bonchev–Trinajstić information content (AvgIpc) is 2.78. The van der Waals surface area contributed by atoms with Gasteiger partial charge in [0, 0.05) is 0 Å². The summed E-state index contributed by atoms with van der Waals surface area (Å²) in [6, 6.07) is 0. The van der Waals surface area contributed by atoms with E-state index in [9.17, 15) is 0 Å². The molecule has 1 spiro atoms. The third-order valence-corrected chi connectivity index (χ3v) is 4.46. The fourth-order valence-electron chi connectivity index (χ4n) is 3.38. The second-order valence-corrected chi connectivity index (χ2v) is 5.64. The van der Waals surface area contributed by atoms with E-state index in [-0.39, 0.29) is 0 Å². The minimum Gasteiger partial charge on any atom is -0.375 e. The summed E-state index contributed by atoms with van der Waals surface area (Å²) in [6.07, 6.45) is 8.36. The van der Waals surface area contributed by atoms with Crippen molar-refractivity contribution in [1.29, 1.82) is 0 Å². The summed E-state index contributed by atoms with van der Waals surface area (Å²) in [6.45, 7) is 3.46. The van der Waals surface area contributed by atoms with Crippen molar-refractivity contribution in [1.82, 2.24) is 0 Å². The van der Waals surface area contributed by atoms with Gasteiger partial charge in [-0.25, -0.2) is 0 Å². The first-order chi connectivity index (χ1) is 6.27. The Bertz CT molecular complexity index is 199. The molecule has 0 aromatic heterocycles. The molecule has 3 aliphatic rings. The van der Waals surface area contributed by atoms with Crippen molar-refractivity contribution >= 4 is 0 Å². The van der Waals surface area contributed by atoms with Crippen LogP contribution in [-0.4, -0.2) is 12.2 Å². The summed E-state index contributed by atoms with van der Waals surface area (Å²) < 4.78 is 6.18. The molecule has 1 saturated heterocycles. The van der Waals surface area contributed by atoms with Crippen molar-refractivity contribution in [3.05, 3.63) is 0 Å². The smallest absolute Gasteiger partial charge is 0.0685 e. The van der Waals surface area contributed by atoms with Crippen molar-refractivity contribution in [2.45, 2.75) is 51.0 Å². The molecule has 2 aliphatic carbocycles. The summed E-state index contributed by atoms with van der Waals surface area (Å²) in [5.74, 6) is 2.92. The van der Waals surface area contributed by atoms with Crippen LogP contribution in [0.1, 0.15) is 45.4 Å². The first kappa shape index (κ1) is 8.28. The molecule has 1 aliphatic heterocycles. The van der Waals surface area contributed by atoms with Gasteiger partial charge in [0.2, 0.25) is 0 Å². The Morgan fingerprint density at radius 2 is 2.00 bits per heavy atom. The zero-order valence-corrected chi connectivity index (χ0v) is 8.59.